The van der Waals surface area contributed by atoms with Gasteiger partial charge >= 0.3 is 10.2 Å². The van der Waals surface area contributed by atoms with Gasteiger partial charge in [-0.1, -0.05) is 19.4 Å². The second kappa shape index (κ2) is 3.59. The molecular formula is C10H11F5O2S. The van der Waals surface area contributed by atoms with Gasteiger partial charge in [0.2, 0.25) is 0 Å². The molecule has 104 valence electrons. The molecule has 0 aliphatic rings. The Hall–Kier alpha value is -1.31. The highest BCUT2D eigenvalue weighted by Crippen LogP contribution is 3.02. The van der Waals surface area contributed by atoms with Gasteiger partial charge in [-0.25, -0.2) is 0 Å². The van der Waals surface area contributed by atoms with Crippen molar-refractivity contribution in [3.8, 4) is 5.75 Å². The topological polar surface area (TPSA) is 26.3 Å². The largest absolute Gasteiger partial charge is 0.494 e. The first-order valence-corrected chi connectivity index (χ1v) is 6.81. The molecule has 0 aliphatic carbocycles. The van der Waals surface area contributed by atoms with Crippen LogP contribution in [0.25, 0.3) is 0 Å². The summed E-state index contributed by atoms with van der Waals surface area (Å²) in [6.45, 7) is 2.47. The van der Waals surface area contributed by atoms with Crippen LogP contribution in [-0.4, -0.2) is 12.4 Å². The lowest BCUT2D eigenvalue weighted by molar-refractivity contribution is 0.101. The third-order valence-corrected chi connectivity index (χ3v) is 3.17. The molecule has 1 aromatic carbocycles. The van der Waals surface area contributed by atoms with Gasteiger partial charge < -0.3 is 4.74 Å². The minimum atomic E-state index is -9.81. The van der Waals surface area contributed by atoms with E-state index in [0.29, 0.717) is 0 Å². The summed E-state index contributed by atoms with van der Waals surface area (Å²) in [6, 6.07) is 1.35. The summed E-state index contributed by atoms with van der Waals surface area (Å²) in [4.78, 5) is 8.92. The molecule has 0 aliphatic heterocycles. The Labute approximate surface area is 100 Å². The van der Waals surface area contributed by atoms with E-state index in [1.165, 1.54) is 6.92 Å². The predicted molar refractivity (Wildman–Crippen MR) is 59.0 cm³/mol. The highest BCUT2D eigenvalue weighted by atomic mass is 32.5. The van der Waals surface area contributed by atoms with Crippen LogP contribution in [0.4, 0.5) is 19.4 Å². The van der Waals surface area contributed by atoms with E-state index in [9.17, 15) is 24.2 Å². The Morgan fingerprint density at radius 2 is 1.72 bits per heavy atom. The van der Waals surface area contributed by atoms with Gasteiger partial charge in [0.25, 0.3) is 0 Å². The number of ether oxygens (including phenoxy) is 1. The molecule has 0 heterocycles. The fraction of sp³-hybridized carbons (Fsp3) is 0.300. The average Bonchev–Trinajstić information content (AvgIpc) is 2.14. The fourth-order valence-corrected chi connectivity index (χ4v) is 1.94. The van der Waals surface area contributed by atoms with Crippen molar-refractivity contribution in [1.82, 2.24) is 0 Å². The number of hydrogen-bond donors (Lipinski definition) is 0. The number of carbonyl (C=O) groups excluding carboxylic acids is 1. The van der Waals surface area contributed by atoms with E-state index in [-0.39, 0.29) is 18.7 Å². The summed E-state index contributed by atoms with van der Waals surface area (Å²) in [5, 5.41) is 0. The maximum atomic E-state index is 12.6. The molecule has 0 fully saturated rings. The SMILES string of the molecule is CCOc1cc(C(C)=O)cc(S(F)(F)(F)(F)F)c1. The molecule has 1 rings (SSSR count). The van der Waals surface area contributed by atoms with Gasteiger partial charge in [-0.3, -0.25) is 4.79 Å². The number of ketones is 1. The van der Waals surface area contributed by atoms with Crippen LogP contribution in [0, 0.1) is 0 Å². The minimum Gasteiger partial charge on any atom is -0.494 e. The lowest BCUT2D eigenvalue weighted by Gasteiger charge is -2.40. The summed E-state index contributed by atoms with van der Waals surface area (Å²) < 4.78 is 68.0. The smallest absolute Gasteiger partial charge is 0.310 e. The Balaban J connectivity index is 3.52. The Morgan fingerprint density at radius 3 is 2.11 bits per heavy atom. The van der Waals surface area contributed by atoms with Crippen LogP contribution in [0.15, 0.2) is 23.1 Å². The molecule has 0 aromatic heterocycles. The second-order valence-corrected chi connectivity index (χ2v) is 6.06. The van der Waals surface area contributed by atoms with Crippen molar-refractivity contribution in [1.29, 1.82) is 0 Å². The van der Waals surface area contributed by atoms with E-state index in [4.69, 9.17) is 4.74 Å². The Kier molecular flexibility index (Phi) is 2.95. The minimum absolute atomic E-state index is 0.00111. The normalized spacial score (nSPS) is 15.7. The molecule has 0 spiro atoms. The zero-order valence-electron chi connectivity index (χ0n) is 9.55. The summed E-state index contributed by atoms with van der Waals surface area (Å²) >= 11 is 0. The summed E-state index contributed by atoms with van der Waals surface area (Å²) in [5.41, 5.74) is -0.468. The van der Waals surface area contributed by atoms with Gasteiger partial charge in [0.05, 0.1) is 6.61 Å². The first kappa shape index (κ1) is 14.7. The maximum Gasteiger partial charge on any atom is 0.310 e. The molecule has 0 unspecified atom stereocenters. The number of halogens is 5. The zero-order chi connectivity index (χ0) is 14.3. The van der Waals surface area contributed by atoms with Crippen molar-refractivity contribution in [2.45, 2.75) is 18.7 Å². The number of hydrogen-bond acceptors (Lipinski definition) is 2. The fourth-order valence-electron chi connectivity index (χ4n) is 1.25. The lowest BCUT2D eigenvalue weighted by atomic mass is 10.1. The molecule has 0 bridgehead atoms. The molecule has 0 saturated heterocycles. The molecule has 0 radical (unpaired) electrons. The number of rotatable bonds is 4. The highest BCUT2D eigenvalue weighted by Gasteiger charge is 2.65. The van der Waals surface area contributed by atoms with E-state index >= 15 is 0 Å². The summed E-state index contributed by atoms with van der Waals surface area (Å²) in [5.74, 6) is -1.16. The molecule has 1 aromatic rings. The van der Waals surface area contributed by atoms with E-state index in [2.05, 4.69) is 0 Å². The molecule has 0 amide bonds. The van der Waals surface area contributed by atoms with Gasteiger partial charge in [-0.15, -0.1) is 0 Å². The quantitative estimate of drug-likeness (QED) is 0.579. The van der Waals surface area contributed by atoms with Gasteiger partial charge in [-0.05, 0) is 26.0 Å². The van der Waals surface area contributed by atoms with Gasteiger partial charge in [0, 0.05) is 11.6 Å². The van der Waals surface area contributed by atoms with Crippen molar-refractivity contribution in [3.63, 3.8) is 0 Å². The average molecular weight is 290 g/mol. The monoisotopic (exact) mass is 290 g/mol. The van der Waals surface area contributed by atoms with E-state index in [1.807, 2.05) is 0 Å². The number of benzene rings is 1. The van der Waals surface area contributed by atoms with E-state index in [1.54, 1.807) is 0 Å². The number of carbonyl (C=O) groups is 1. The first-order chi connectivity index (χ1) is 7.83. The maximum absolute atomic E-state index is 12.6. The van der Waals surface area contributed by atoms with Crippen molar-refractivity contribution < 1.29 is 29.0 Å². The molecule has 18 heavy (non-hydrogen) atoms. The first-order valence-electron chi connectivity index (χ1n) is 4.86. The molecule has 0 atom stereocenters. The van der Waals surface area contributed by atoms with Crippen LogP contribution in [0.3, 0.4) is 0 Å². The van der Waals surface area contributed by atoms with Crippen molar-refractivity contribution in [2.24, 2.45) is 0 Å². The van der Waals surface area contributed by atoms with Gasteiger partial charge in [0.15, 0.2) is 5.78 Å². The van der Waals surface area contributed by atoms with Crippen molar-refractivity contribution in [3.05, 3.63) is 23.8 Å². The van der Waals surface area contributed by atoms with Crippen LogP contribution < -0.4 is 4.74 Å². The van der Waals surface area contributed by atoms with Crippen LogP contribution in [0.1, 0.15) is 24.2 Å². The lowest BCUT2D eigenvalue weighted by Crippen LogP contribution is -2.08. The third kappa shape index (κ3) is 3.59. The van der Waals surface area contributed by atoms with E-state index < -0.39 is 32.2 Å². The third-order valence-electron chi connectivity index (χ3n) is 2.04. The standard InChI is InChI=1S/C10H11F5O2S/c1-3-17-9-4-8(7(2)16)5-10(6-9)18(11,12,13,14)15/h4-6H,3H2,1-2H3. The summed E-state index contributed by atoms with van der Waals surface area (Å²) in [6.07, 6.45) is 0. The molecule has 2 nitrogen and oxygen atoms in total. The second-order valence-electron chi connectivity index (χ2n) is 3.65. The van der Waals surface area contributed by atoms with Gasteiger partial charge in [0.1, 0.15) is 10.6 Å². The van der Waals surface area contributed by atoms with Crippen LogP contribution in [0.5, 0.6) is 5.75 Å². The van der Waals surface area contributed by atoms with Crippen LogP contribution in [-0.2, 0) is 0 Å². The van der Waals surface area contributed by atoms with Crippen molar-refractivity contribution in [2.75, 3.05) is 6.61 Å². The van der Waals surface area contributed by atoms with E-state index in [0.717, 1.165) is 13.0 Å². The molecule has 0 N–H and O–H groups in total. The molecule has 8 heteroatoms. The Morgan fingerprint density at radius 1 is 1.17 bits per heavy atom. The highest BCUT2D eigenvalue weighted by molar-refractivity contribution is 8.45. The predicted octanol–water partition coefficient (Wildman–Crippen LogP) is 4.95. The summed E-state index contributed by atoms with van der Waals surface area (Å²) in [7, 11) is -9.81. The molecular weight excluding hydrogens is 279 g/mol. The zero-order valence-corrected chi connectivity index (χ0v) is 10.4. The Bertz CT molecular complexity index is 494. The van der Waals surface area contributed by atoms with Gasteiger partial charge in [-0.2, -0.15) is 0 Å². The van der Waals surface area contributed by atoms with Crippen LogP contribution >= 0.6 is 10.2 Å². The number of Topliss-reactive ketones (excluding diaryl/α,β-unsaturated/α-hetero) is 1. The molecule has 0 saturated carbocycles. The van der Waals surface area contributed by atoms with Crippen molar-refractivity contribution >= 4 is 16.0 Å². The van der Waals surface area contributed by atoms with Crippen LogP contribution in [0.2, 0.25) is 0 Å².